The maximum Gasteiger partial charge on any atom is 0.297 e. The highest BCUT2D eigenvalue weighted by Crippen LogP contribution is 2.24. The van der Waals surface area contributed by atoms with E-state index in [0.717, 1.165) is 18.4 Å². The number of hydrogen-bond acceptors (Lipinski definition) is 3. The second-order valence-electron chi connectivity index (χ2n) is 4.81. The Kier molecular flexibility index (Phi) is 3.88. The number of rotatable bonds is 3. The van der Waals surface area contributed by atoms with E-state index in [0.29, 0.717) is 6.42 Å². The SMILES string of the molecule is CC1=CCC(OS(=O)(=O)c2ccc(C)cc2)CC1. The van der Waals surface area contributed by atoms with Gasteiger partial charge in [-0.25, -0.2) is 0 Å². The Morgan fingerprint density at radius 3 is 2.39 bits per heavy atom. The van der Waals surface area contributed by atoms with Crippen LogP contribution in [0.15, 0.2) is 40.8 Å². The van der Waals surface area contributed by atoms with Gasteiger partial charge >= 0.3 is 0 Å². The van der Waals surface area contributed by atoms with Crippen molar-refractivity contribution in [1.29, 1.82) is 0 Å². The Hall–Kier alpha value is -1.13. The fourth-order valence-electron chi connectivity index (χ4n) is 1.97. The third-order valence-corrected chi connectivity index (χ3v) is 4.54. The number of benzene rings is 1. The van der Waals surface area contributed by atoms with Gasteiger partial charge in [-0.15, -0.1) is 0 Å². The molecule has 0 N–H and O–H groups in total. The third kappa shape index (κ3) is 3.21. The summed E-state index contributed by atoms with van der Waals surface area (Å²) in [5.41, 5.74) is 2.34. The van der Waals surface area contributed by atoms with Crippen molar-refractivity contribution in [3.8, 4) is 0 Å². The molecule has 0 saturated heterocycles. The minimum atomic E-state index is -3.62. The summed E-state index contributed by atoms with van der Waals surface area (Å²) < 4.78 is 29.4. The lowest BCUT2D eigenvalue weighted by Crippen LogP contribution is -2.20. The Balaban J connectivity index is 2.10. The molecule has 1 atom stereocenters. The lowest BCUT2D eigenvalue weighted by Gasteiger charge is -2.20. The molecule has 0 fully saturated rings. The number of aryl methyl sites for hydroxylation is 1. The molecule has 0 amide bonds. The molecule has 0 aromatic heterocycles. The average molecular weight is 266 g/mol. The highest BCUT2D eigenvalue weighted by Gasteiger charge is 2.22. The summed E-state index contributed by atoms with van der Waals surface area (Å²) in [7, 11) is -3.62. The van der Waals surface area contributed by atoms with E-state index in [9.17, 15) is 8.42 Å². The molecule has 1 aromatic carbocycles. The van der Waals surface area contributed by atoms with E-state index in [2.05, 4.69) is 13.0 Å². The first-order chi connectivity index (χ1) is 8.47. The van der Waals surface area contributed by atoms with Crippen molar-refractivity contribution in [2.45, 2.75) is 44.1 Å². The van der Waals surface area contributed by atoms with Crippen LogP contribution in [0.25, 0.3) is 0 Å². The van der Waals surface area contributed by atoms with Crippen molar-refractivity contribution in [1.82, 2.24) is 0 Å². The molecular weight excluding hydrogens is 248 g/mol. The van der Waals surface area contributed by atoms with Crippen LogP contribution in [-0.2, 0) is 14.3 Å². The van der Waals surface area contributed by atoms with E-state index >= 15 is 0 Å². The molecule has 0 aliphatic heterocycles. The predicted molar refractivity (Wildman–Crippen MR) is 70.8 cm³/mol. The molecule has 18 heavy (non-hydrogen) atoms. The lowest BCUT2D eigenvalue weighted by molar-refractivity contribution is 0.196. The molecule has 3 nitrogen and oxygen atoms in total. The largest absolute Gasteiger partial charge is 0.297 e. The van der Waals surface area contributed by atoms with Crippen LogP contribution in [0.5, 0.6) is 0 Å². The predicted octanol–water partition coefficient (Wildman–Crippen LogP) is 3.20. The first-order valence-electron chi connectivity index (χ1n) is 6.13. The van der Waals surface area contributed by atoms with Gasteiger partial charge in [-0.2, -0.15) is 8.42 Å². The summed E-state index contributed by atoms with van der Waals surface area (Å²) in [6.45, 7) is 3.98. The fourth-order valence-corrected chi connectivity index (χ4v) is 3.08. The van der Waals surface area contributed by atoms with Gasteiger partial charge in [-0.1, -0.05) is 29.3 Å². The van der Waals surface area contributed by atoms with Gasteiger partial charge in [-0.3, -0.25) is 4.18 Å². The second kappa shape index (κ2) is 5.24. The monoisotopic (exact) mass is 266 g/mol. The van der Waals surface area contributed by atoms with E-state index in [1.165, 1.54) is 5.57 Å². The Labute approximate surface area is 109 Å². The van der Waals surface area contributed by atoms with Crippen molar-refractivity contribution in [2.24, 2.45) is 0 Å². The van der Waals surface area contributed by atoms with Gasteiger partial charge in [0.1, 0.15) is 0 Å². The lowest BCUT2D eigenvalue weighted by atomic mass is 9.99. The molecule has 1 aliphatic rings. The number of allylic oxidation sites excluding steroid dienone is 1. The van der Waals surface area contributed by atoms with Crippen molar-refractivity contribution in [2.75, 3.05) is 0 Å². The first kappa shape index (κ1) is 13.3. The van der Waals surface area contributed by atoms with Gasteiger partial charge in [0, 0.05) is 0 Å². The summed E-state index contributed by atoms with van der Waals surface area (Å²) >= 11 is 0. The molecule has 98 valence electrons. The molecule has 4 heteroatoms. The third-order valence-electron chi connectivity index (χ3n) is 3.16. The zero-order valence-electron chi connectivity index (χ0n) is 10.7. The van der Waals surface area contributed by atoms with Crippen molar-refractivity contribution in [3.05, 3.63) is 41.5 Å². The van der Waals surface area contributed by atoms with Crippen LogP contribution in [-0.4, -0.2) is 14.5 Å². The van der Waals surface area contributed by atoms with Crippen LogP contribution in [0.2, 0.25) is 0 Å². The van der Waals surface area contributed by atoms with E-state index in [1.54, 1.807) is 24.3 Å². The van der Waals surface area contributed by atoms with Gasteiger partial charge in [0.2, 0.25) is 0 Å². The zero-order valence-corrected chi connectivity index (χ0v) is 11.5. The maximum atomic E-state index is 12.1. The van der Waals surface area contributed by atoms with E-state index in [-0.39, 0.29) is 11.0 Å². The highest BCUT2D eigenvalue weighted by molar-refractivity contribution is 7.86. The van der Waals surface area contributed by atoms with Crippen LogP contribution >= 0.6 is 0 Å². The molecule has 0 spiro atoms. The molecule has 0 bridgehead atoms. The van der Waals surface area contributed by atoms with Crippen LogP contribution in [0.1, 0.15) is 31.7 Å². The Bertz CT molecular complexity index is 541. The normalized spacial score (nSPS) is 20.6. The second-order valence-corrected chi connectivity index (χ2v) is 6.38. The van der Waals surface area contributed by atoms with E-state index in [4.69, 9.17) is 4.18 Å². The standard InChI is InChI=1S/C14H18O3S/c1-11-3-7-13(8-4-11)17-18(15,16)14-9-5-12(2)6-10-14/h3,5-6,9-10,13H,4,7-8H2,1-2H3. The Morgan fingerprint density at radius 2 is 1.83 bits per heavy atom. The maximum absolute atomic E-state index is 12.1. The van der Waals surface area contributed by atoms with Crippen LogP contribution in [0.4, 0.5) is 0 Å². The minimum absolute atomic E-state index is 0.222. The minimum Gasteiger partial charge on any atom is -0.263 e. The quantitative estimate of drug-likeness (QED) is 0.623. The van der Waals surface area contributed by atoms with Crippen LogP contribution in [0, 0.1) is 6.92 Å². The van der Waals surface area contributed by atoms with Crippen molar-refractivity contribution >= 4 is 10.1 Å². The van der Waals surface area contributed by atoms with Gasteiger partial charge in [0.15, 0.2) is 0 Å². The molecule has 1 aliphatic carbocycles. The molecule has 0 heterocycles. The highest BCUT2D eigenvalue weighted by atomic mass is 32.2. The van der Waals surface area contributed by atoms with Crippen LogP contribution in [0.3, 0.4) is 0 Å². The first-order valence-corrected chi connectivity index (χ1v) is 7.54. The van der Waals surface area contributed by atoms with Gasteiger partial charge in [0.05, 0.1) is 11.0 Å². The number of hydrogen-bond donors (Lipinski definition) is 0. The summed E-state index contributed by atoms with van der Waals surface area (Å²) in [5, 5.41) is 0. The topological polar surface area (TPSA) is 43.4 Å². The fraction of sp³-hybridized carbons (Fsp3) is 0.429. The van der Waals surface area contributed by atoms with Gasteiger partial charge in [0.25, 0.3) is 10.1 Å². The van der Waals surface area contributed by atoms with Gasteiger partial charge < -0.3 is 0 Å². The van der Waals surface area contributed by atoms with Gasteiger partial charge in [-0.05, 0) is 45.2 Å². The molecule has 0 radical (unpaired) electrons. The average Bonchev–Trinajstić information content (AvgIpc) is 2.32. The Morgan fingerprint density at radius 1 is 1.17 bits per heavy atom. The molecule has 1 aromatic rings. The molecule has 0 saturated carbocycles. The summed E-state index contributed by atoms with van der Waals surface area (Å²) in [6.07, 6.45) is 4.19. The van der Waals surface area contributed by atoms with E-state index < -0.39 is 10.1 Å². The van der Waals surface area contributed by atoms with Crippen molar-refractivity contribution < 1.29 is 12.6 Å². The van der Waals surface area contributed by atoms with E-state index in [1.807, 2.05) is 6.92 Å². The summed E-state index contributed by atoms with van der Waals surface area (Å²) in [4.78, 5) is 0.236. The summed E-state index contributed by atoms with van der Waals surface area (Å²) in [6, 6.07) is 6.74. The smallest absolute Gasteiger partial charge is 0.263 e. The zero-order chi connectivity index (χ0) is 13.2. The van der Waals surface area contributed by atoms with Crippen LogP contribution < -0.4 is 0 Å². The summed E-state index contributed by atoms with van der Waals surface area (Å²) in [5.74, 6) is 0. The molecular formula is C14H18O3S. The van der Waals surface area contributed by atoms with Crippen molar-refractivity contribution in [3.63, 3.8) is 0 Å². The molecule has 1 unspecified atom stereocenters. The molecule has 2 rings (SSSR count).